The van der Waals surface area contributed by atoms with Crippen LogP contribution in [0, 0.1) is 0 Å². The summed E-state index contributed by atoms with van der Waals surface area (Å²) in [5.74, 6) is -0.0605. The fourth-order valence-electron chi connectivity index (χ4n) is 1.47. The van der Waals surface area contributed by atoms with Gasteiger partial charge in [0.1, 0.15) is 5.75 Å². The number of halogens is 2. The van der Waals surface area contributed by atoms with E-state index in [1.54, 1.807) is 4.90 Å². The van der Waals surface area contributed by atoms with Crippen LogP contribution in [0.2, 0.25) is 0 Å². The van der Waals surface area contributed by atoms with Gasteiger partial charge >= 0.3 is 6.61 Å². The molecule has 0 aliphatic heterocycles. The van der Waals surface area contributed by atoms with Crippen LogP contribution in [0.4, 0.5) is 8.78 Å². The number of hydrogen-bond donors (Lipinski definition) is 0. The number of ether oxygens (including phenoxy) is 1. The lowest BCUT2D eigenvalue weighted by Crippen LogP contribution is -2.30. The maximum atomic E-state index is 11.9. The molecule has 0 N–H and O–H groups in total. The van der Waals surface area contributed by atoms with Crippen LogP contribution in [-0.2, 0) is 0 Å². The summed E-state index contributed by atoms with van der Waals surface area (Å²) >= 11 is 0. The molecule has 0 atom stereocenters. The Morgan fingerprint density at radius 2 is 1.76 bits per heavy atom. The Morgan fingerprint density at radius 1 is 1.24 bits per heavy atom. The Hall–Kier alpha value is -1.65. The van der Waals surface area contributed by atoms with Crippen molar-refractivity contribution in [3.8, 4) is 5.75 Å². The van der Waals surface area contributed by atoms with Crippen LogP contribution in [0.15, 0.2) is 24.3 Å². The minimum atomic E-state index is -2.85. The summed E-state index contributed by atoms with van der Waals surface area (Å²) in [5.41, 5.74) is 0.468. The van der Waals surface area contributed by atoms with Crippen molar-refractivity contribution in [3.05, 3.63) is 29.8 Å². The van der Waals surface area contributed by atoms with E-state index < -0.39 is 6.61 Å². The molecule has 1 rings (SSSR count). The van der Waals surface area contributed by atoms with E-state index in [1.165, 1.54) is 24.3 Å². The van der Waals surface area contributed by atoms with E-state index in [-0.39, 0.29) is 11.7 Å². The largest absolute Gasteiger partial charge is 0.435 e. The minimum Gasteiger partial charge on any atom is -0.435 e. The van der Waals surface area contributed by atoms with Gasteiger partial charge in [0.25, 0.3) is 5.91 Å². The van der Waals surface area contributed by atoms with Crippen LogP contribution in [0.3, 0.4) is 0 Å². The highest BCUT2D eigenvalue weighted by Gasteiger charge is 2.12. The number of carbonyl (C=O) groups is 1. The molecular formula is C12H15F2NO2. The first-order valence-corrected chi connectivity index (χ1v) is 5.42. The van der Waals surface area contributed by atoms with E-state index in [1.807, 2.05) is 13.8 Å². The predicted octanol–water partition coefficient (Wildman–Crippen LogP) is 2.77. The van der Waals surface area contributed by atoms with Crippen molar-refractivity contribution < 1.29 is 18.3 Å². The smallest absolute Gasteiger partial charge is 0.387 e. The zero-order chi connectivity index (χ0) is 12.8. The van der Waals surface area contributed by atoms with Gasteiger partial charge in [0.2, 0.25) is 0 Å². The molecule has 0 aromatic heterocycles. The fraction of sp³-hybridized carbons (Fsp3) is 0.417. The fourth-order valence-corrected chi connectivity index (χ4v) is 1.47. The number of hydrogen-bond acceptors (Lipinski definition) is 2. The van der Waals surface area contributed by atoms with Gasteiger partial charge in [0.05, 0.1) is 0 Å². The first-order chi connectivity index (χ1) is 8.08. The predicted molar refractivity (Wildman–Crippen MR) is 60.3 cm³/mol. The molecule has 94 valence electrons. The monoisotopic (exact) mass is 243 g/mol. The number of nitrogens with zero attached hydrogens (tertiary/aromatic N) is 1. The molecule has 0 aliphatic rings. The molecule has 0 heterocycles. The molecule has 0 bridgehead atoms. The van der Waals surface area contributed by atoms with Crippen molar-refractivity contribution in [3.63, 3.8) is 0 Å². The highest BCUT2D eigenvalue weighted by molar-refractivity contribution is 5.94. The van der Waals surface area contributed by atoms with Gasteiger partial charge in [-0.2, -0.15) is 8.78 Å². The standard InChI is InChI=1S/C12H15F2NO2/c1-3-15(4-2)11(16)9-5-7-10(8-6-9)17-12(13)14/h5-8,12H,3-4H2,1-2H3. The molecule has 0 spiro atoms. The highest BCUT2D eigenvalue weighted by Crippen LogP contribution is 2.15. The van der Waals surface area contributed by atoms with Crippen LogP contribution in [0.1, 0.15) is 24.2 Å². The van der Waals surface area contributed by atoms with Crippen LogP contribution in [0.5, 0.6) is 5.75 Å². The maximum Gasteiger partial charge on any atom is 0.387 e. The van der Waals surface area contributed by atoms with Crippen molar-refractivity contribution in [1.82, 2.24) is 4.90 Å². The van der Waals surface area contributed by atoms with Crippen molar-refractivity contribution in [2.75, 3.05) is 13.1 Å². The van der Waals surface area contributed by atoms with E-state index in [0.717, 1.165) is 0 Å². The van der Waals surface area contributed by atoms with Gasteiger partial charge in [0.15, 0.2) is 0 Å². The Bertz CT molecular complexity index is 361. The van der Waals surface area contributed by atoms with E-state index >= 15 is 0 Å². The minimum absolute atomic E-state index is 0.0519. The summed E-state index contributed by atoms with van der Waals surface area (Å²) in [6, 6.07) is 5.70. The van der Waals surface area contributed by atoms with Gasteiger partial charge < -0.3 is 9.64 Å². The summed E-state index contributed by atoms with van der Waals surface area (Å²) in [6.07, 6.45) is 0. The van der Waals surface area contributed by atoms with Gasteiger partial charge in [-0.1, -0.05) is 0 Å². The van der Waals surface area contributed by atoms with Crippen molar-refractivity contribution >= 4 is 5.91 Å². The second kappa shape index (κ2) is 6.18. The Labute approximate surface area is 99.0 Å². The van der Waals surface area contributed by atoms with Crippen molar-refractivity contribution in [1.29, 1.82) is 0 Å². The third-order valence-corrected chi connectivity index (χ3v) is 2.38. The maximum absolute atomic E-state index is 11.9. The highest BCUT2D eigenvalue weighted by atomic mass is 19.3. The van der Waals surface area contributed by atoms with Crippen LogP contribution >= 0.6 is 0 Å². The Balaban J connectivity index is 2.76. The van der Waals surface area contributed by atoms with Crippen molar-refractivity contribution in [2.24, 2.45) is 0 Å². The van der Waals surface area contributed by atoms with Gasteiger partial charge in [-0.3, -0.25) is 4.79 Å². The molecule has 0 unspecified atom stereocenters. The summed E-state index contributed by atoms with van der Waals surface area (Å²) in [4.78, 5) is 13.5. The second-order valence-corrected chi connectivity index (χ2v) is 3.38. The van der Waals surface area contributed by atoms with Gasteiger partial charge in [-0.05, 0) is 38.1 Å². The van der Waals surface area contributed by atoms with Gasteiger partial charge in [0, 0.05) is 18.7 Å². The summed E-state index contributed by atoms with van der Waals surface area (Å²) in [6.45, 7) is 2.15. The molecule has 1 aromatic rings. The summed E-state index contributed by atoms with van der Waals surface area (Å²) < 4.78 is 28.0. The van der Waals surface area contributed by atoms with E-state index in [4.69, 9.17) is 0 Å². The van der Waals surface area contributed by atoms with Gasteiger partial charge in [-0.25, -0.2) is 0 Å². The zero-order valence-corrected chi connectivity index (χ0v) is 9.82. The lowest BCUT2D eigenvalue weighted by Gasteiger charge is -2.18. The van der Waals surface area contributed by atoms with Gasteiger partial charge in [-0.15, -0.1) is 0 Å². The number of rotatable bonds is 5. The third-order valence-electron chi connectivity index (χ3n) is 2.38. The molecule has 3 nitrogen and oxygen atoms in total. The normalized spacial score (nSPS) is 10.4. The molecular weight excluding hydrogens is 228 g/mol. The van der Waals surface area contributed by atoms with Crippen LogP contribution in [-0.4, -0.2) is 30.5 Å². The Morgan fingerprint density at radius 3 is 2.18 bits per heavy atom. The quantitative estimate of drug-likeness (QED) is 0.795. The molecule has 1 aromatic carbocycles. The number of carbonyl (C=O) groups excluding carboxylic acids is 1. The Kier molecular flexibility index (Phi) is 4.87. The molecule has 0 radical (unpaired) electrons. The first-order valence-electron chi connectivity index (χ1n) is 5.42. The summed E-state index contributed by atoms with van der Waals surface area (Å²) in [5, 5.41) is 0. The molecule has 0 saturated carbocycles. The molecule has 0 saturated heterocycles. The summed E-state index contributed by atoms with van der Waals surface area (Å²) in [7, 11) is 0. The zero-order valence-electron chi connectivity index (χ0n) is 9.82. The van der Waals surface area contributed by atoms with E-state index in [2.05, 4.69) is 4.74 Å². The molecule has 0 fully saturated rings. The topological polar surface area (TPSA) is 29.5 Å². The average Bonchev–Trinajstić information content (AvgIpc) is 2.30. The second-order valence-electron chi connectivity index (χ2n) is 3.38. The lowest BCUT2D eigenvalue weighted by atomic mass is 10.2. The lowest BCUT2D eigenvalue weighted by molar-refractivity contribution is -0.0498. The number of benzene rings is 1. The molecule has 0 aliphatic carbocycles. The molecule has 17 heavy (non-hydrogen) atoms. The van der Waals surface area contributed by atoms with E-state index in [0.29, 0.717) is 18.7 Å². The average molecular weight is 243 g/mol. The number of amides is 1. The SMILES string of the molecule is CCN(CC)C(=O)c1ccc(OC(F)F)cc1. The molecule has 5 heteroatoms. The third kappa shape index (κ3) is 3.69. The number of alkyl halides is 2. The van der Waals surface area contributed by atoms with Crippen molar-refractivity contribution in [2.45, 2.75) is 20.5 Å². The van der Waals surface area contributed by atoms with E-state index in [9.17, 15) is 13.6 Å². The van der Waals surface area contributed by atoms with Crippen LogP contribution in [0.25, 0.3) is 0 Å². The van der Waals surface area contributed by atoms with Crippen LogP contribution < -0.4 is 4.74 Å². The molecule has 1 amide bonds. The first kappa shape index (κ1) is 13.4.